The van der Waals surface area contributed by atoms with E-state index in [0.717, 1.165) is 43.8 Å². The second-order valence-corrected chi connectivity index (χ2v) is 10.9. The summed E-state index contributed by atoms with van der Waals surface area (Å²) < 4.78 is 68.3. The maximum absolute atomic E-state index is 12.8. The van der Waals surface area contributed by atoms with Gasteiger partial charge in [0.25, 0.3) is 15.7 Å². The van der Waals surface area contributed by atoms with Gasteiger partial charge in [-0.05, 0) is 43.5 Å². The third-order valence-electron chi connectivity index (χ3n) is 6.75. The number of alkyl halides is 3. The Labute approximate surface area is 205 Å². The minimum atomic E-state index is -5.48. The molecule has 2 fully saturated rings. The number of methoxy groups -OCH3 is 1. The van der Waals surface area contributed by atoms with Crippen molar-refractivity contribution in [2.24, 2.45) is 11.7 Å². The molecule has 2 heterocycles. The standard InChI is InChI=1S/C22H25F3N6O4S/c1-35-16-10-30(11-16)15-4-7-19(13(8-15)9-26)31-12-18(20(27)32)21(29-31)28-14-2-5-17(6-3-14)36(33,34)22(23,24)25/h2-3,5-6,12-13,15-16,19H,4,7-8,10-11H2,1H3,(H2,27,32)(H,28,29)/t13-,15?,19+/m1/s1. The van der Waals surface area contributed by atoms with Gasteiger partial charge in [0.05, 0.1) is 29.0 Å². The maximum atomic E-state index is 12.8. The van der Waals surface area contributed by atoms with Crippen LogP contribution in [0.2, 0.25) is 0 Å². The molecule has 10 nitrogen and oxygen atoms in total. The Balaban J connectivity index is 1.51. The van der Waals surface area contributed by atoms with Crippen molar-refractivity contribution in [1.82, 2.24) is 14.7 Å². The number of nitriles is 1. The van der Waals surface area contributed by atoms with Crippen LogP contribution in [-0.2, 0) is 14.6 Å². The number of anilines is 2. The highest BCUT2D eigenvalue weighted by atomic mass is 32.2. The smallest absolute Gasteiger partial charge is 0.379 e. The normalized spacial score (nSPS) is 23.6. The van der Waals surface area contributed by atoms with Gasteiger partial charge in [-0.2, -0.15) is 23.5 Å². The van der Waals surface area contributed by atoms with Crippen LogP contribution in [0.15, 0.2) is 35.4 Å². The van der Waals surface area contributed by atoms with E-state index in [-0.39, 0.29) is 41.2 Å². The van der Waals surface area contributed by atoms with Crippen LogP contribution in [0.5, 0.6) is 0 Å². The predicted molar refractivity (Wildman–Crippen MR) is 122 cm³/mol. The Bertz CT molecular complexity index is 1270. The Morgan fingerprint density at radius 1 is 1.25 bits per heavy atom. The maximum Gasteiger partial charge on any atom is 0.501 e. The number of hydrogen-bond acceptors (Lipinski definition) is 8. The molecule has 1 aliphatic carbocycles. The molecule has 3 atom stereocenters. The van der Waals surface area contributed by atoms with E-state index in [0.29, 0.717) is 12.8 Å². The van der Waals surface area contributed by atoms with E-state index < -0.39 is 26.1 Å². The molecule has 1 aliphatic heterocycles. The number of carbonyl (C=O) groups is 1. The monoisotopic (exact) mass is 526 g/mol. The summed E-state index contributed by atoms with van der Waals surface area (Å²) in [4.78, 5) is 13.4. The van der Waals surface area contributed by atoms with Crippen molar-refractivity contribution in [3.63, 3.8) is 0 Å². The molecule has 1 amide bonds. The number of rotatable bonds is 7. The molecule has 1 aromatic heterocycles. The minimum absolute atomic E-state index is 0.0338. The number of carbonyl (C=O) groups excluding carboxylic acids is 1. The molecule has 36 heavy (non-hydrogen) atoms. The van der Waals surface area contributed by atoms with Crippen LogP contribution in [0.25, 0.3) is 0 Å². The number of nitrogens with one attached hydrogen (secondary N) is 1. The Kier molecular flexibility index (Phi) is 7.00. The number of amides is 1. The molecular weight excluding hydrogens is 501 g/mol. The highest BCUT2D eigenvalue weighted by molar-refractivity contribution is 7.92. The number of sulfone groups is 1. The molecule has 1 aromatic carbocycles. The van der Waals surface area contributed by atoms with Gasteiger partial charge in [-0.25, -0.2) is 8.42 Å². The van der Waals surface area contributed by atoms with Crippen molar-refractivity contribution >= 4 is 27.2 Å². The first-order valence-corrected chi connectivity index (χ1v) is 12.7. The van der Waals surface area contributed by atoms with Crippen molar-refractivity contribution in [3.8, 4) is 6.07 Å². The van der Waals surface area contributed by atoms with Crippen molar-refractivity contribution < 1.29 is 31.1 Å². The number of nitrogens with zero attached hydrogens (tertiary/aromatic N) is 4. The van der Waals surface area contributed by atoms with Gasteiger partial charge >= 0.3 is 5.51 Å². The zero-order chi connectivity index (χ0) is 26.3. The third-order valence-corrected chi connectivity index (χ3v) is 8.25. The third kappa shape index (κ3) is 4.91. The van der Waals surface area contributed by atoms with Gasteiger partial charge in [0, 0.05) is 38.1 Å². The van der Waals surface area contributed by atoms with E-state index in [1.807, 2.05) is 0 Å². The molecule has 14 heteroatoms. The fraction of sp³-hybridized carbons (Fsp3) is 0.500. The molecule has 1 saturated carbocycles. The number of nitrogens with two attached hydrogens (primary N) is 1. The summed E-state index contributed by atoms with van der Waals surface area (Å²) in [5, 5.41) is 17.0. The molecule has 2 aromatic rings. The summed E-state index contributed by atoms with van der Waals surface area (Å²) in [5.74, 6) is -1.09. The van der Waals surface area contributed by atoms with Crippen LogP contribution in [0, 0.1) is 17.2 Å². The molecule has 3 N–H and O–H groups in total. The van der Waals surface area contributed by atoms with Crippen LogP contribution in [0.4, 0.5) is 24.7 Å². The molecule has 2 aliphatic rings. The molecule has 1 unspecified atom stereocenters. The number of halogens is 3. The lowest BCUT2D eigenvalue weighted by atomic mass is 9.80. The lowest BCUT2D eigenvalue weighted by molar-refractivity contribution is -0.0625. The molecule has 0 radical (unpaired) electrons. The van der Waals surface area contributed by atoms with Crippen LogP contribution in [0.3, 0.4) is 0 Å². The fourth-order valence-corrected chi connectivity index (χ4v) is 5.42. The number of primary amides is 1. The number of aromatic nitrogens is 2. The first kappa shape index (κ1) is 25.9. The molecule has 194 valence electrons. The number of benzene rings is 1. The van der Waals surface area contributed by atoms with Crippen LogP contribution in [-0.4, -0.2) is 66.9 Å². The molecular formula is C22H25F3N6O4S. The van der Waals surface area contributed by atoms with Gasteiger partial charge in [0.2, 0.25) is 0 Å². The Hall–Kier alpha value is -3.15. The van der Waals surface area contributed by atoms with Crippen LogP contribution >= 0.6 is 0 Å². The Morgan fingerprint density at radius 3 is 2.47 bits per heavy atom. The van der Waals surface area contributed by atoms with Crippen molar-refractivity contribution in [3.05, 3.63) is 36.0 Å². The lowest BCUT2D eigenvalue weighted by Gasteiger charge is -2.46. The quantitative estimate of drug-likeness (QED) is 0.560. The molecule has 1 saturated heterocycles. The largest absolute Gasteiger partial charge is 0.501 e. The lowest BCUT2D eigenvalue weighted by Crippen LogP contribution is -2.57. The van der Waals surface area contributed by atoms with Gasteiger partial charge < -0.3 is 15.8 Å². The topological polar surface area (TPSA) is 143 Å². The second kappa shape index (κ2) is 9.72. The number of hydrogen-bond donors (Lipinski definition) is 2. The van der Waals surface area contributed by atoms with E-state index in [4.69, 9.17) is 10.5 Å². The van der Waals surface area contributed by atoms with E-state index >= 15 is 0 Å². The van der Waals surface area contributed by atoms with Crippen molar-refractivity contribution in [2.45, 2.75) is 47.9 Å². The molecule has 4 rings (SSSR count). The summed E-state index contributed by atoms with van der Waals surface area (Å²) >= 11 is 0. The van der Waals surface area contributed by atoms with Crippen molar-refractivity contribution in [1.29, 1.82) is 5.26 Å². The van der Waals surface area contributed by atoms with Gasteiger partial charge in [-0.15, -0.1) is 0 Å². The SMILES string of the molecule is COC1CN(C2CC[C@H](n3cc(C(N)=O)c(Nc4ccc(S(=O)(=O)C(F)(F)F)cc4)n3)[C@@H](C#N)C2)C1. The summed E-state index contributed by atoms with van der Waals surface area (Å²) in [6, 6.07) is 6.19. The van der Waals surface area contributed by atoms with Crippen LogP contribution < -0.4 is 11.1 Å². The highest BCUT2D eigenvalue weighted by Crippen LogP contribution is 2.38. The first-order chi connectivity index (χ1) is 16.9. The van der Waals surface area contributed by atoms with Crippen LogP contribution in [0.1, 0.15) is 35.7 Å². The molecule has 0 spiro atoms. The van der Waals surface area contributed by atoms with E-state index in [1.54, 1.807) is 7.11 Å². The minimum Gasteiger partial charge on any atom is -0.379 e. The average Bonchev–Trinajstić information content (AvgIpc) is 3.21. The summed E-state index contributed by atoms with van der Waals surface area (Å²) in [6.07, 6.45) is 3.79. The zero-order valence-electron chi connectivity index (χ0n) is 19.3. The molecule has 0 bridgehead atoms. The summed E-state index contributed by atoms with van der Waals surface area (Å²) in [5.41, 5.74) is 0.319. The first-order valence-electron chi connectivity index (χ1n) is 11.2. The van der Waals surface area contributed by atoms with Gasteiger partial charge in [-0.1, -0.05) is 0 Å². The Morgan fingerprint density at radius 2 is 1.92 bits per heavy atom. The number of ether oxygens (including phenoxy) is 1. The second-order valence-electron chi connectivity index (χ2n) is 8.92. The zero-order valence-corrected chi connectivity index (χ0v) is 20.1. The van der Waals surface area contributed by atoms with Gasteiger partial charge in [-0.3, -0.25) is 14.4 Å². The predicted octanol–water partition coefficient (Wildman–Crippen LogP) is 2.58. The fourth-order valence-electron chi connectivity index (χ4n) is 4.66. The van der Waals surface area contributed by atoms with Gasteiger partial charge in [0.15, 0.2) is 5.82 Å². The average molecular weight is 527 g/mol. The summed E-state index contributed by atoms with van der Waals surface area (Å²) in [6.45, 7) is 1.66. The van der Waals surface area contributed by atoms with E-state index in [1.165, 1.54) is 10.9 Å². The van der Waals surface area contributed by atoms with E-state index in [2.05, 4.69) is 21.4 Å². The highest BCUT2D eigenvalue weighted by Gasteiger charge is 2.46. The van der Waals surface area contributed by atoms with E-state index in [9.17, 15) is 31.6 Å². The summed E-state index contributed by atoms with van der Waals surface area (Å²) in [7, 11) is -3.81. The van der Waals surface area contributed by atoms with Gasteiger partial charge in [0.1, 0.15) is 5.56 Å². The van der Waals surface area contributed by atoms with Crippen molar-refractivity contribution in [2.75, 3.05) is 25.5 Å². The number of likely N-dealkylation sites (tertiary alicyclic amines) is 1.